The first-order valence-corrected chi connectivity index (χ1v) is 6.72. The number of nitrogens with one attached hydrogen (secondary N) is 1. The normalized spacial score (nSPS) is 10.2. The van der Waals surface area contributed by atoms with E-state index in [0.29, 0.717) is 16.6 Å². The fraction of sp³-hybridized carbons (Fsp3) is 0.133. The van der Waals surface area contributed by atoms with Gasteiger partial charge in [-0.2, -0.15) is 0 Å². The van der Waals surface area contributed by atoms with Crippen molar-refractivity contribution in [2.75, 3.05) is 7.11 Å². The van der Waals surface area contributed by atoms with Crippen molar-refractivity contribution in [3.05, 3.63) is 58.1 Å². The molecule has 1 amide bonds. The van der Waals surface area contributed by atoms with Gasteiger partial charge in [-0.1, -0.05) is 47.5 Å². The average molecular weight is 310 g/mol. The predicted molar refractivity (Wildman–Crippen MR) is 81.1 cm³/mol. The van der Waals surface area contributed by atoms with Crippen LogP contribution >= 0.6 is 23.2 Å². The van der Waals surface area contributed by atoms with Gasteiger partial charge in [0.1, 0.15) is 0 Å². The number of carbonyl (C=O) groups is 1. The highest BCUT2D eigenvalue weighted by atomic mass is 35.5. The van der Waals surface area contributed by atoms with Gasteiger partial charge in [-0.3, -0.25) is 0 Å². The molecular formula is C15H13Cl2NO2. The minimum atomic E-state index is -0.454. The summed E-state index contributed by atoms with van der Waals surface area (Å²) in [5, 5.41) is 3.68. The van der Waals surface area contributed by atoms with E-state index < -0.39 is 6.09 Å². The van der Waals surface area contributed by atoms with Crippen molar-refractivity contribution in [1.82, 2.24) is 5.32 Å². The molecular weight excluding hydrogens is 297 g/mol. The number of amides is 1. The molecule has 0 unspecified atom stereocenters. The van der Waals surface area contributed by atoms with Crippen LogP contribution in [0.15, 0.2) is 42.5 Å². The molecule has 5 heteroatoms. The SMILES string of the molecule is COC(=O)NCc1cccc(-c2ccc(Cl)c(Cl)c2)c1. The van der Waals surface area contributed by atoms with Gasteiger partial charge in [0.2, 0.25) is 0 Å². The summed E-state index contributed by atoms with van der Waals surface area (Å²) >= 11 is 11.9. The van der Waals surface area contributed by atoms with Crippen LogP contribution in [0.25, 0.3) is 11.1 Å². The van der Waals surface area contributed by atoms with Gasteiger partial charge in [0.05, 0.1) is 17.2 Å². The van der Waals surface area contributed by atoms with E-state index in [1.54, 1.807) is 6.07 Å². The van der Waals surface area contributed by atoms with Gasteiger partial charge in [0.25, 0.3) is 0 Å². The Labute approximate surface area is 127 Å². The number of ether oxygens (including phenoxy) is 1. The van der Waals surface area contributed by atoms with E-state index in [-0.39, 0.29) is 0 Å². The number of hydrogen-bond donors (Lipinski definition) is 1. The molecule has 0 fully saturated rings. The van der Waals surface area contributed by atoms with Gasteiger partial charge in [0, 0.05) is 6.54 Å². The van der Waals surface area contributed by atoms with E-state index >= 15 is 0 Å². The van der Waals surface area contributed by atoms with Crippen LogP contribution in [0.1, 0.15) is 5.56 Å². The van der Waals surface area contributed by atoms with Gasteiger partial charge in [0.15, 0.2) is 0 Å². The van der Waals surface area contributed by atoms with Gasteiger partial charge >= 0.3 is 6.09 Å². The molecule has 104 valence electrons. The number of alkyl carbamates (subject to hydrolysis) is 1. The van der Waals surface area contributed by atoms with Crippen molar-refractivity contribution < 1.29 is 9.53 Å². The standard InChI is InChI=1S/C15H13Cl2NO2/c1-20-15(19)18-9-10-3-2-4-11(7-10)12-5-6-13(16)14(17)8-12/h2-8H,9H2,1H3,(H,18,19). The van der Waals surface area contributed by atoms with Crippen LogP contribution in [0.5, 0.6) is 0 Å². The molecule has 0 atom stereocenters. The Morgan fingerprint density at radius 3 is 2.55 bits per heavy atom. The Bertz CT molecular complexity index is 629. The van der Waals surface area contributed by atoms with E-state index in [9.17, 15) is 4.79 Å². The summed E-state index contributed by atoms with van der Waals surface area (Å²) in [7, 11) is 1.33. The second-order valence-corrected chi connectivity index (χ2v) is 4.99. The predicted octanol–water partition coefficient (Wildman–Crippen LogP) is 4.52. The van der Waals surface area contributed by atoms with Gasteiger partial charge in [-0.15, -0.1) is 0 Å². The van der Waals surface area contributed by atoms with Gasteiger partial charge < -0.3 is 10.1 Å². The number of halogens is 2. The third kappa shape index (κ3) is 3.65. The molecule has 0 saturated carbocycles. The lowest BCUT2D eigenvalue weighted by Gasteiger charge is -2.07. The molecule has 0 aliphatic carbocycles. The lowest BCUT2D eigenvalue weighted by molar-refractivity contribution is 0.170. The van der Waals surface area contributed by atoms with Gasteiger partial charge in [-0.25, -0.2) is 4.79 Å². The van der Waals surface area contributed by atoms with E-state index in [1.165, 1.54) is 7.11 Å². The number of benzene rings is 2. The van der Waals surface area contributed by atoms with Crippen LogP contribution in [-0.4, -0.2) is 13.2 Å². The van der Waals surface area contributed by atoms with Crippen LogP contribution in [0.3, 0.4) is 0 Å². The Kier molecular flexibility index (Phi) is 4.88. The van der Waals surface area contributed by atoms with Crippen molar-refractivity contribution in [1.29, 1.82) is 0 Å². The van der Waals surface area contributed by atoms with Crippen molar-refractivity contribution in [2.45, 2.75) is 6.54 Å². The Morgan fingerprint density at radius 2 is 1.85 bits per heavy atom. The molecule has 2 aromatic carbocycles. The first-order chi connectivity index (χ1) is 9.60. The quantitative estimate of drug-likeness (QED) is 0.905. The molecule has 1 N–H and O–H groups in total. The van der Waals surface area contributed by atoms with Gasteiger partial charge in [-0.05, 0) is 34.9 Å². The summed E-state index contributed by atoms with van der Waals surface area (Å²) in [4.78, 5) is 11.1. The first-order valence-electron chi connectivity index (χ1n) is 5.96. The highest BCUT2D eigenvalue weighted by Gasteiger charge is 2.04. The maximum absolute atomic E-state index is 11.1. The minimum absolute atomic E-state index is 0.405. The lowest BCUT2D eigenvalue weighted by atomic mass is 10.0. The molecule has 0 aromatic heterocycles. The smallest absolute Gasteiger partial charge is 0.407 e. The Balaban J connectivity index is 2.20. The lowest BCUT2D eigenvalue weighted by Crippen LogP contribution is -2.22. The highest BCUT2D eigenvalue weighted by Crippen LogP contribution is 2.28. The molecule has 0 aliphatic heterocycles. The number of rotatable bonds is 3. The van der Waals surface area contributed by atoms with E-state index in [4.69, 9.17) is 23.2 Å². The number of carbonyl (C=O) groups excluding carboxylic acids is 1. The second kappa shape index (κ2) is 6.64. The fourth-order valence-corrected chi connectivity index (χ4v) is 2.08. The molecule has 20 heavy (non-hydrogen) atoms. The summed E-state index contributed by atoms with van der Waals surface area (Å²) in [5.74, 6) is 0. The Hall–Kier alpha value is -1.71. The zero-order valence-electron chi connectivity index (χ0n) is 10.8. The monoisotopic (exact) mass is 309 g/mol. The van der Waals surface area contributed by atoms with Crippen molar-refractivity contribution in [3.8, 4) is 11.1 Å². The molecule has 0 aliphatic rings. The maximum atomic E-state index is 11.1. The first kappa shape index (κ1) is 14.7. The van der Waals surface area contributed by atoms with Crippen LogP contribution in [0.4, 0.5) is 4.79 Å². The van der Waals surface area contributed by atoms with Crippen LogP contribution in [-0.2, 0) is 11.3 Å². The molecule has 0 radical (unpaired) electrons. The third-order valence-corrected chi connectivity index (χ3v) is 3.54. The Morgan fingerprint density at radius 1 is 1.10 bits per heavy atom. The summed E-state index contributed by atoms with van der Waals surface area (Å²) in [5.41, 5.74) is 2.95. The van der Waals surface area contributed by atoms with E-state index in [1.807, 2.05) is 36.4 Å². The maximum Gasteiger partial charge on any atom is 0.407 e. The van der Waals surface area contributed by atoms with Crippen LogP contribution in [0.2, 0.25) is 10.0 Å². The van der Waals surface area contributed by atoms with E-state index in [0.717, 1.165) is 16.7 Å². The fourth-order valence-electron chi connectivity index (χ4n) is 1.78. The molecule has 0 heterocycles. The van der Waals surface area contributed by atoms with Crippen LogP contribution < -0.4 is 5.32 Å². The summed E-state index contributed by atoms with van der Waals surface area (Å²) in [6.45, 7) is 0.405. The largest absolute Gasteiger partial charge is 0.453 e. The topological polar surface area (TPSA) is 38.3 Å². The number of methoxy groups -OCH3 is 1. The molecule has 0 bridgehead atoms. The summed E-state index contributed by atoms with van der Waals surface area (Å²) in [6.07, 6.45) is -0.454. The zero-order valence-corrected chi connectivity index (χ0v) is 12.3. The number of hydrogen-bond acceptors (Lipinski definition) is 2. The second-order valence-electron chi connectivity index (χ2n) is 4.17. The molecule has 0 spiro atoms. The highest BCUT2D eigenvalue weighted by molar-refractivity contribution is 6.42. The van der Waals surface area contributed by atoms with Crippen molar-refractivity contribution in [3.63, 3.8) is 0 Å². The van der Waals surface area contributed by atoms with Crippen molar-refractivity contribution >= 4 is 29.3 Å². The molecule has 2 rings (SSSR count). The minimum Gasteiger partial charge on any atom is -0.453 e. The zero-order chi connectivity index (χ0) is 14.5. The van der Waals surface area contributed by atoms with E-state index in [2.05, 4.69) is 10.1 Å². The third-order valence-electron chi connectivity index (χ3n) is 2.80. The van der Waals surface area contributed by atoms with Crippen LogP contribution in [0, 0.1) is 0 Å². The summed E-state index contributed by atoms with van der Waals surface area (Å²) in [6, 6.07) is 13.3. The summed E-state index contributed by atoms with van der Waals surface area (Å²) < 4.78 is 4.53. The molecule has 0 saturated heterocycles. The average Bonchev–Trinajstić information content (AvgIpc) is 2.48. The van der Waals surface area contributed by atoms with Crippen molar-refractivity contribution in [2.24, 2.45) is 0 Å². The molecule has 3 nitrogen and oxygen atoms in total. The molecule has 2 aromatic rings.